The van der Waals surface area contributed by atoms with E-state index in [9.17, 15) is 13.2 Å². The molecule has 1 fully saturated rings. The van der Waals surface area contributed by atoms with Crippen LogP contribution in [-0.2, 0) is 26.3 Å². The summed E-state index contributed by atoms with van der Waals surface area (Å²) < 4.78 is 37.4. The molecule has 0 spiro atoms. The summed E-state index contributed by atoms with van der Waals surface area (Å²) in [7, 11) is 0.927. The van der Waals surface area contributed by atoms with Gasteiger partial charge in [-0.25, -0.2) is 0 Å². The molecule has 1 unspecified atom stereocenters. The number of para-hydroxylation sites is 1. The molecule has 0 aromatic heterocycles. The Balaban J connectivity index is 1.97. The average molecular weight is 357 g/mol. The van der Waals surface area contributed by atoms with E-state index in [0.29, 0.717) is 5.75 Å². The molecule has 24 heavy (non-hydrogen) atoms. The first kappa shape index (κ1) is 18.7. The average Bonchev–Trinajstić information content (AvgIpc) is 2.59. The van der Waals surface area contributed by atoms with Crippen molar-refractivity contribution in [2.75, 3.05) is 40.9 Å². The Morgan fingerprint density at radius 1 is 1.42 bits per heavy atom. The third-order valence-corrected chi connectivity index (χ3v) is 5.66. The van der Waals surface area contributed by atoms with Crippen molar-refractivity contribution in [2.24, 2.45) is 0 Å². The lowest BCUT2D eigenvalue weighted by molar-refractivity contribution is -0.136. The monoisotopic (exact) mass is 357 g/mol. The van der Waals surface area contributed by atoms with Crippen molar-refractivity contribution in [3.05, 3.63) is 29.8 Å². The lowest BCUT2D eigenvalue weighted by Gasteiger charge is -2.32. The summed E-state index contributed by atoms with van der Waals surface area (Å²) >= 11 is 0. The van der Waals surface area contributed by atoms with E-state index in [1.807, 2.05) is 24.3 Å². The Morgan fingerprint density at radius 3 is 2.79 bits per heavy atom. The van der Waals surface area contributed by atoms with E-state index in [0.717, 1.165) is 9.87 Å². The number of nitrogens with one attached hydrogen (secondary N) is 1. The first-order valence-electron chi connectivity index (χ1n) is 7.55. The van der Waals surface area contributed by atoms with Crippen LogP contribution in [0.25, 0.3) is 0 Å². The summed E-state index contributed by atoms with van der Waals surface area (Å²) in [4.78, 5) is 12.3. The SMILES string of the molecule is COc1ccccc1CNC(=O)C1CN(S(=O)(=O)N(C)C)CCO1. The fourth-order valence-electron chi connectivity index (χ4n) is 2.37. The Hall–Kier alpha value is -1.68. The van der Waals surface area contributed by atoms with Gasteiger partial charge in [0.2, 0.25) is 0 Å². The Kier molecular flexibility index (Phi) is 6.16. The minimum absolute atomic E-state index is 0.00172. The van der Waals surface area contributed by atoms with E-state index in [2.05, 4.69) is 5.32 Å². The second kappa shape index (κ2) is 7.93. The predicted octanol–water partition coefficient (Wildman–Crippen LogP) is -0.181. The van der Waals surface area contributed by atoms with Gasteiger partial charge in [0.1, 0.15) is 11.9 Å². The maximum Gasteiger partial charge on any atom is 0.281 e. The molecule has 1 N–H and O–H groups in total. The minimum atomic E-state index is -3.56. The number of ether oxygens (including phenoxy) is 2. The van der Waals surface area contributed by atoms with Crippen LogP contribution >= 0.6 is 0 Å². The van der Waals surface area contributed by atoms with Gasteiger partial charge in [0.15, 0.2) is 0 Å². The fraction of sp³-hybridized carbons (Fsp3) is 0.533. The standard InChI is InChI=1S/C15H23N3O5S/c1-17(2)24(20,21)18-8-9-23-14(11-18)15(19)16-10-12-6-4-5-7-13(12)22-3/h4-7,14H,8-11H2,1-3H3,(H,16,19). The number of carbonyl (C=O) groups excluding carboxylic acids is 1. The van der Waals surface area contributed by atoms with Gasteiger partial charge >= 0.3 is 0 Å². The molecule has 0 saturated carbocycles. The lowest BCUT2D eigenvalue weighted by atomic mass is 10.2. The van der Waals surface area contributed by atoms with Crippen molar-refractivity contribution in [1.82, 2.24) is 13.9 Å². The number of nitrogens with zero attached hydrogens (tertiary/aromatic N) is 2. The molecule has 1 heterocycles. The number of methoxy groups -OCH3 is 1. The number of amides is 1. The van der Waals surface area contributed by atoms with Gasteiger partial charge in [-0.2, -0.15) is 17.0 Å². The molecule has 1 aromatic rings. The van der Waals surface area contributed by atoms with Crippen molar-refractivity contribution in [3.63, 3.8) is 0 Å². The molecular weight excluding hydrogens is 334 g/mol. The smallest absolute Gasteiger partial charge is 0.281 e. The highest BCUT2D eigenvalue weighted by Gasteiger charge is 2.34. The first-order chi connectivity index (χ1) is 11.4. The molecule has 9 heteroatoms. The normalized spacial score (nSPS) is 19.2. The highest BCUT2D eigenvalue weighted by molar-refractivity contribution is 7.86. The van der Waals surface area contributed by atoms with Crippen LogP contribution in [0.1, 0.15) is 5.56 Å². The van der Waals surface area contributed by atoms with E-state index in [1.165, 1.54) is 18.4 Å². The largest absolute Gasteiger partial charge is 0.496 e. The summed E-state index contributed by atoms with van der Waals surface area (Å²) in [6.45, 7) is 0.692. The second-order valence-corrected chi connectivity index (χ2v) is 7.68. The molecule has 0 aliphatic carbocycles. The van der Waals surface area contributed by atoms with Gasteiger partial charge < -0.3 is 14.8 Å². The van der Waals surface area contributed by atoms with Crippen molar-refractivity contribution < 1.29 is 22.7 Å². The zero-order valence-electron chi connectivity index (χ0n) is 14.1. The number of rotatable bonds is 6. The summed E-state index contributed by atoms with van der Waals surface area (Å²) in [5, 5.41) is 2.77. The molecule has 1 aromatic carbocycles. The van der Waals surface area contributed by atoms with Crippen LogP contribution in [-0.4, -0.2) is 69.9 Å². The van der Waals surface area contributed by atoms with Crippen LogP contribution in [0.15, 0.2) is 24.3 Å². The maximum atomic E-state index is 12.3. The molecule has 1 aliphatic heterocycles. The van der Waals surface area contributed by atoms with Gasteiger partial charge in [-0.15, -0.1) is 0 Å². The first-order valence-corrected chi connectivity index (χ1v) is 8.94. The quantitative estimate of drug-likeness (QED) is 0.763. The van der Waals surface area contributed by atoms with E-state index >= 15 is 0 Å². The van der Waals surface area contributed by atoms with Crippen LogP contribution in [0, 0.1) is 0 Å². The van der Waals surface area contributed by atoms with E-state index in [1.54, 1.807) is 7.11 Å². The number of hydrogen-bond donors (Lipinski definition) is 1. The van der Waals surface area contributed by atoms with Crippen molar-refractivity contribution in [3.8, 4) is 5.75 Å². The lowest BCUT2D eigenvalue weighted by Crippen LogP contribution is -2.53. The molecule has 2 rings (SSSR count). The van der Waals surface area contributed by atoms with Gasteiger partial charge in [-0.1, -0.05) is 18.2 Å². The minimum Gasteiger partial charge on any atom is -0.496 e. The summed E-state index contributed by atoms with van der Waals surface area (Å²) in [6, 6.07) is 7.36. The third kappa shape index (κ3) is 4.23. The molecular formula is C15H23N3O5S. The van der Waals surface area contributed by atoms with Gasteiger partial charge in [-0.3, -0.25) is 4.79 Å². The summed E-state index contributed by atoms with van der Waals surface area (Å²) in [6.07, 6.45) is -0.830. The number of carbonyl (C=O) groups is 1. The molecule has 1 aliphatic rings. The number of morpholine rings is 1. The highest BCUT2D eigenvalue weighted by Crippen LogP contribution is 2.17. The zero-order valence-corrected chi connectivity index (χ0v) is 14.9. The van der Waals surface area contributed by atoms with Crippen LogP contribution in [0.2, 0.25) is 0 Å². The zero-order chi connectivity index (χ0) is 17.7. The predicted molar refractivity (Wildman–Crippen MR) is 88.8 cm³/mol. The Morgan fingerprint density at radius 2 is 2.12 bits per heavy atom. The molecule has 1 atom stereocenters. The van der Waals surface area contributed by atoms with Gasteiger partial charge in [0.05, 0.1) is 20.3 Å². The maximum absolute atomic E-state index is 12.3. The van der Waals surface area contributed by atoms with E-state index < -0.39 is 16.3 Å². The van der Waals surface area contributed by atoms with Gasteiger partial charge in [-0.05, 0) is 6.07 Å². The molecule has 1 amide bonds. The van der Waals surface area contributed by atoms with Gasteiger partial charge in [0, 0.05) is 32.7 Å². The number of hydrogen-bond acceptors (Lipinski definition) is 5. The van der Waals surface area contributed by atoms with Crippen molar-refractivity contribution >= 4 is 16.1 Å². The Labute approximate surface area is 142 Å². The molecule has 0 radical (unpaired) electrons. The topological polar surface area (TPSA) is 88.2 Å². The van der Waals surface area contributed by atoms with Crippen LogP contribution in [0.3, 0.4) is 0 Å². The fourth-order valence-corrected chi connectivity index (χ4v) is 3.46. The summed E-state index contributed by atoms with van der Waals surface area (Å²) in [5.41, 5.74) is 0.835. The number of benzene rings is 1. The van der Waals surface area contributed by atoms with Crippen LogP contribution in [0.4, 0.5) is 0 Å². The van der Waals surface area contributed by atoms with Crippen molar-refractivity contribution in [2.45, 2.75) is 12.6 Å². The van der Waals surface area contributed by atoms with E-state index in [4.69, 9.17) is 9.47 Å². The van der Waals surface area contributed by atoms with Crippen LogP contribution in [0.5, 0.6) is 5.75 Å². The van der Waals surface area contributed by atoms with Crippen molar-refractivity contribution in [1.29, 1.82) is 0 Å². The molecule has 8 nitrogen and oxygen atoms in total. The Bertz CT molecular complexity index is 677. The third-order valence-electron chi connectivity index (χ3n) is 3.75. The van der Waals surface area contributed by atoms with Crippen LogP contribution < -0.4 is 10.1 Å². The highest BCUT2D eigenvalue weighted by atomic mass is 32.2. The van der Waals surface area contributed by atoms with E-state index in [-0.39, 0.29) is 32.1 Å². The molecule has 134 valence electrons. The molecule has 0 bridgehead atoms. The molecule has 1 saturated heterocycles. The second-order valence-electron chi connectivity index (χ2n) is 5.54. The van der Waals surface area contributed by atoms with Gasteiger partial charge in [0.25, 0.3) is 16.1 Å². The summed E-state index contributed by atoms with van der Waals surface area (Å²) in [5.74, 6) is 0.332.